The summed E-state index contributed by atoms with van der Waals surface area (Å²) in [5.74, 6) is 0.440. The summed E-state index contributed by atoms with van der Waals surface area (Å²) in [6.07, 6.45) is 2.65. The Kier molecular flexibility index (Phi) is 8.31. The first-order valence-corrected chi connectivity index (χ1v) is 12.9. The largest absolute Gasteiger partial charge is 0.381 e. The zero-order valence-electron chi connectivity index (χ0n) is 19.5. The molecule has 33 heavy (non-hydrogen) atoms. The van der Waals surface area contributed by atoms with Crippen LogP contribution in [0.4, 0.5) is 17.1 Å². The standard InChI is InChI=1S/C24H33N3O5S/c1-4-19-5-7-21(8-6-19)26(17-18(2)3)33(30,31)22-9-10-23(24(15-22)27(28)29)25-16-20-11-13-32-14-12-20/h5-10,15,18,20,25H,4,11-14,16-17H2,1-3H3. The van der Waals surface area contributed by atoms with Gasteiger partial charge in [-0.2, -0.15) is 0 Å². The van der Waals surface area contributed by atoms with Gasteiger partial charge < -0.3 is 10.1 Å². The van der Waals surface area contributed by atoms with Gasteiger partial charge in [-0.25, -0.2) is 8.42 Å². The molecule has 0 radical (unpaired) electrons. The number of ether oxygens (including phenoxy) is 1. The van der Waals surface area contributed by atoms with Gasteiger partial charge in [0.25, 0.3) is 15.7 Å². The van der Waals surface area contributed by atoms with Crippen molar-refractivity contribution in [2.24, 2.45) is 11.8 Å². The Morgan fingerprint density at radius 2 is 1.82 bits per heavy atom. The Balaban J connectivity index is 1.91. The maximum absolute atomic E-state index is 13.6. The second-order valence-corrected chi connectivity index (χ2v) is 10.7. The number of rotatable bonds is 10. The summed E-state index contributed by atoms with van der Waals surface area (Å²) in [5, 5.41) is 14.9. The van der Waals surface area contributed by atoms with E-state index < -0.39 is 14.9 Å². The Bertz CT molecular complexity index is 1050. The van der Waals surface area contributed by atoms with Crippen molar-refractivity contribution in [3.63, 3.8) is 0 Å². The van der Waals surface area contributed by atoms with E-state index in [1.807, 2.05) is 32.9 Å². The lowest BCUT2D eigenvalue weighted by Crippen LogP contribution is -2.34. The minimum Gasteiger partial charge on any atom is -0.381 e. The highest BCUT2D eigenvalue weighted by Gasteiger charge is 2.29. The first-order valence-electron chi connectivity index (χ1n) is 11.4. The molecule has 0 atom stereocenters. The molecule has 1 saturated heterocycles. The molecule has 1 N–H and O–H groups in total. The van der Waals surface area contributed by atoms with Crippen LogP contribution in [-0.4, -0.2) is 39.6 Å². The molecule has 0 saturated carbocycles. The van der Waals surface area contributed by atoms with Gasteiger partial charge in [0.1, 0.15) is 5.69 Å². The molecule has 0 bridgehead atoms. The van der Waals surface area contributed by atoms with E-state index in [2.05, 4.69) is 5.32 Å². The van der Waals surface area contributed by atoms with Crippen molar-refractivity contribution in [3.8, 4) is 0 Å². The van der Waals surface area contributed by atoms with Crippen LogP contribution < -0.4 is 9.62 Å². The van der Waals surface area contributed by atoms with Gasteiger partial charge in [0.15, 0.2) is 0 Å². The minimum atomic E-state index is -3.99. The quantitative estimate of drug-likeness (QED) is 0.389. The first-order chi connectivity index (χ1) is 15.7. The molecule has 1 aliphatic rings. The molecule has 1 heterocycles. The van der Waals surface area contributed by atoms with Gasteiger partial charge in [0.2, 0.25) is 0 Å². The van der Waals surface area contributed by atoms with E-state index in [0.717, 1.165) is 30.9 Å². The molecular formula is C24H33N3O5S. The van der Waals surface area contributed by atoms with E-state index in [0.29, 0.717) is 37.1 Å². The number of aryl methyl sites for hydroxylation is 1. The normalized spacial score (nSPS) is 14.9. The van der Waals surface area contributed by atoms with Crippen molar-refractivity contribution < 1.29 is 18.1 Å². The number of benzene rings is 2. The number of hydrogen-bond acceptors (Lipinski definition) is 6. The molecule has 3 rings (SSSR count). The molecule has 8 nitrogen and oxygen atoms in total. The topological polar surface area (TPSA) is 102 Å². The second kappa shape index (κ2) is 11.0. The van der Waals surface area contributed by atoms with Gasteiger partial charge in [0.05, 0.1) is 15.5 Å². The summed E-state index contributed by atoms with van der Waals surface area (Å²) in [5.41, 5.74) is 1.74. The minimum absolute atomic E-state index is 0.0704. The lowest BCUT2D eigenvalue weighted by Gasteiger charge is -2.26. The lowest BCUT2D eigenvalue weighted by atomic mass is 10.0. The first kappa shape index (κ1) is 25.0. The van der Waals surface area contributed by atoms with Gasteiger partial charge in [-0.1, -0.05) is 32.9 Å². The Morgan fingerprint density at radius 3 is 2.39 bits per heavy atom. The summed E-state index contributed by atoms with van der Waals surface area (Å²) >= 11 is 0. The van der Waals surface area contributed by atoms with E-state index in [-0.39, 0.29) is 23.0 Å². The molecule has 2 aromatic rings. The summed E-state index contributed by atoms with van der Waals surface area (Å²) in [6, 6.07) is 11.5. The summed E-state index contributed by atoms with van der Waals surface area (Å²) in [4.78, 5) is 11.2. The van der Waals surface area contributed by atoms with Crippen LogP contribution in [-0.2, 0) is 21.2 Å². The third-order valence-electron chi connectivity index (χ3n) is 5.84. The van der Waals surface area contributed by atoms with Crippen LogP contribution in [0.15, 0.2) is 47.4 Å². The van der Waals surface area contributed by atoms with Crippen LogP contribution in [0.2, 0.25) is 0 Å². The number of sulfonamides is 1. The number of nitro benzene ring substituents is 1. The SMILES string of the molecule is CCc1ccc(N(CC(C)C)S(=O)(=O)c2ccc(NCC3CCOCC3)c([N+](=O)[O-])c2)cc1. The van der Waals surface area contributed by atoms with E-state index in [1.54, 1.807) is 12.1 Å². The van der Waals surface area contributed by atoms with Crippen LogP contribution in [0.5, 0.6) is 0 Å². The third kappa shape index (κ3) is 6.23. The van der Waals surface area contributed by atoms with Gasteiger partial charge in [0, 0.05) is 32.4 Å². The predicted octanol–water partition coefficient (Wildman–Crippen LogP) is 4.85. The Hall–Kier alpha value is -2.65. The highest BCUT2D eigenvalue weighted by molar-refractivity contribution is 7.92. The molecular weight excluding hydrogens is 442 g/mol. The van der Waals surface area contributed by atoms with Crippen LogP contribution in [0.25, 0.3) is 0 Å². The molecule has 1 aliphatic heterocycles. The Morgan fingerprint density at radius 1 is 1.15 bits per heavy atom. The highest BCUT2D eigenvalue weighted by Crippen LogP contribution is 2.32. The molecule has 9 heteroatoms. The van der Waals surface area contributed by atoms with Crippen molar-refractivity contribution in [2.45, 2.75) is 44.9 Å². The summed E-state index contributed by atoms with van der Waals surface area (Å²) < 4.78 is 33.9. The van der Waals surface area contributed by atoms with E-state index >= 15 is 0 Å². The van der Waals surface area contributed by atoms with E-state index in [4.69, 9.17) is 4.74 Å². The smallest absolute Gasteiger partial charge is 0.293 e. The molecule has 0 spiro atoms. The number of nitro groups is 1. The molecule has 0 aliphatic carbocycles. The van der Waals surface area contributed by atoms with Crippen LogP contribution in [0.3, 0.4) is 0 Å². The molecule has 180 valence electrons. The fourth-order valence-corrected chi connectivity index (χ4v) is 5.53. The predicted molar refractivity (Wildman–Crippen MR) is 130 cm³/mol. The van der Waals surface area contributed by atoms with Crippen LogP contribution in [0.1, 0.15) is 39.2 Å². The average molecular weight is 476 g/mol. The molecule has 1 fully saturated rings. The number of hydrogen-bond donors (Lipinski definition) is 1. The maximum atomic E-state index is 13.6. The van der Waals surface area contributed by atoms with E-state index in [9.17, 15) is 18.5 Å². The number of nitrogens with one attached hydrogen (secondary N) is 1. The maximum Gasteiger partial charge on any atom is 0.293 e. The van der Waals surface area contributed by atoms with Crippen molar-refractivity contribution in [2.75, 3.05) is 35.9 Å². The zero-order chi connectivity index (χ0) is 24.0. The Labute approximate surface area is 196 Å². The monoisotopic (exact) mass is 475 g/mol. The molecule has 0 unspecified atom stereocenters. The van der Waals surface area contributed by atoms with Gasteiger partial charge in [-0.05, 0) is 60.9 Å². The van der Waals surface area contributed by atoms with Crippen LogP contribution in [0, 0.1) is 22.0 Å². The zero-order valence-corrected chi connectivity index (χ0v) is 20.3. The van der Waals surface area contributed by atoms with Crippen LogP contribution >= 0.6 is 0 Å². The van der Waals surface area contributed by atoms with Gasteiger partial charge >= 0.3 is 0 Å². The summed E-state index contributed by atoms with van der Waals surface area (Å²) in [6.45, 7) is 8.15. The fraction of sp³-hybridized carbons (Fsp3) is 0.500. The highest BCUT2D eigenvalue weighted by atomic mass is 32.2. The van der Waals surface area contributed by atoms with Crippen molar-refractivity contribution in [3.05, 3.63) is 58.1 Å². The molecule has 2 aromatic carbocycles. The number of anilines is 2. The number of nitrogens with zero attached hydrogens (tertiary/aromatic N) is 2. The molecule has 0 amide bonds. The van der Waals surface area contributed by atoms with Gasteiger partial charge in [-0.3, -0.25) is 14.4 Å². The average Bonchev–Trinajstić information content (AvgIpc) is 2.81. The summed E-state index contributed by atoms with van der Waals surface area (Å²) in [7, 11) is -3.99. The van der Waals surface area contributed by atoms with Crippen molar-refractivity contribution in [1.29, 1.82) is 0 Å². The van der Waals surface area contributed by atoms with E-state index in [1.165, 1.54) is 16.4 Å². The molecule has 0 aromatic heterocycles. The van der Waals surface area contributed by atoms with Crippen molar-refractivity contribution in [1.82, 2.24) is 0 Å². The third-order valence-corrected chi connectivity index (χ3v) is 7.63. The lowest BCUT2D eigenvalue weighted by molar-refractivity contribution is -0.384. The fourth-order valence-electron chi connectivity index (χ4n) is 3.88. The van der Waals surface area contributed by atoms with Crippen molar-refractivity contribution >= 4 is 27.1 Å². The second-order valence-electron chi connectivity index (χ2n) is 8.82. The van der Waals surface area contributed by atoms with Gasteiger partial charge in [-0.15, -0.1) is 0 Å².